The van der Waals surface area contributed by atoms with E-state index in [1.165, 1.54) is 0 Å². The van der Waals surface area contributed by atoms with Crippen LogP contribution in [0.5, 0.6) is 0 Å². The van der Waals surface area contributed by atoms with Crippen LogP contribution in [0.1, 0.15) is 20.3 Å². The lowest BCUT2D eigenvalue weighted by atomic mass is 10.1. The number of amides is 1. The normalized spacial score (nSPS) is 12.6. The van der Waals surface area contributed by atoms with E-state index in [0.717, 1.165) is 0 Å². The molecular weight excluding hydrogens is 278 g/mol. The molecule has 0 rings (SSSR count). The number of sulfonamides is 1. The summed E-state index contributed by atoms with van der Waals surface area (Å²) < 4.78 is 24.6. The van der Waals surface area contributed by atoms with Crippen molar-refractivity contribution in [2.45, 2.75) is 20.3 Å². The van der Waals surface area contributed by atoms with Crippen molar-refractivity contribution in [3.63, 3.8) is 0 Å². The Balaban J connectivity index is 0. The van der Waals surface area contributed by atoms with E-state index in [0.29, 0.717) is 26.1 Å². The van der Waals surface area contributed by atoms with Crippen molar-refractivity contribution in [2.75, 3.05) is 32.4 Å². The number of carbonyl (C=O) groups is 1. The minimum absolute atomic E-state index is 0. The second-order valence-corrected chi connectivity index (χ2v) is 6.00. The first kappa shape index (κ1) is 20.0. The van der Waals surface area contributed by atoms with Gasteiger partial charge in [-0.15, -0.1) is 12.4 Å². The van der Waals surface area contributed by atoms with Crippen molar-refractivity contribution in [1.82, 2.24) is 15.4 Å². The lowest BCUT2D eigenvalue weighted by molar-refractivity contribution is -0.124. The van der Waals surface area contributed by atoms with E-state index < -0.39 is 10.0 Å². The summed E-state index contributed by atoms with van der Waals surface area (Å²) in [6.45, 7) is 4.90. The summed E-state index contributed by atoms with van der Waals surface area (Å²) in [6, 6.07) is 0. The molecule has 18 heavy (non-hydrogen) atoms. The standard InChI is InChI=1S/C10H23N3O3S.ClH/c1-4-17(15,16)13-7-5-6-12-10(14)9(2)8-11-3;/h9,11,13H,4-8H2,1-3H3,(H,12,14);1H. The van der Waals surface area contributed by atoms with Crippen molar-refractivity contribution in [3.05, 3.63) is 0 Å². The van der Waals surface area contributed by atoms with E-state index in [9.17, 15) is 13.2 Å². The Morgan fingerprint density at radius 3 is 2.39 bits per heavy atom. The first-order chi connectivity index (χ1) is 7.93. The number of carbonyl (C=O) groups excluding carboxylic acids is 1. The monoisotopic (exact) mass is 301 g/mol. The van der Waals surface area contributed by atoms with Crippen LogP contribution in [0.15, 0.2) is 0 Å². The molecule has 0 heterocycles. The van der Waals surface area contributed by atoms with Gasteiger partial charge in [0.1, 0.15) is 0 Å². The van der Waals surface area contributed by atoms with E-state index in [4.69, 9.17) is 0 Å². The van der Waals surface area contributed by atoms with Gasteiger partial charge in [0, 0.05) is 25.6 Å². The molecule has 0 bridgehead atoms. The molecule has 1 atom stereocenters. The van der Waals surface area contributed by atoms with Crippen molar-refractivity contribution in [1.29, 1.82) is 0 Å². The first-order valence-corrected chi connectivity index (χ1v) is 7.47. The molecule has 8 heteroatoms. The molecule has 0 aromatic carbocycles. The van der Waals surface area contributed by atoms with Crippen LogP contribution in [-0.4, -0.2) is 46.8 Å². The second-order valence-electron chi connectivity index (χ2n) is 3.90. The highest BCUT2D eigenvalue weighted by Crippen LogP contribution is 1.91. The molecule has 0 radical (unpaired) electrons. The maximum Gasteiger partial charge on any atom is 0.224 e. The van der Waals surface area contributed by atoms with Gasteiger partial charge in [0.15, 0.2) is 0 Å². The van der Waals surface area contributed by atoms with Gasteiger partial charge < -0.3 is 10.6 Å². The molecule has 1 unspecified atom stereocenters. The smallest absolute Gasteiger partial charge is 0.224 e. The van der Waals surface area contributed by atoms with Crippen molar-refractivity contribution in [2.24, 2.45) is 5.92 Å². The van der Waals surface area contributed by atoms with E-state index in [2.05, 4.69) is 15.4 Å². The van der Waals surface area contributed by atoms with E-state index in [-0.39, 0.29) is 30.0 Å². The number of rotatable bonds is 9. The fourth-order valence-corrected chi connectivity index (χ4v) is 1.86. The summed E-state index contributed by atoms with van der Waals surface area (Å²) in [4.78, 5) is 11.5. The minimum Gasteiger partial charge on any atom is -0.356 e. The van der Waals surface area contributed by atoms with Gasteiger partial charge >= 0.3 is 0 Å². The molecule has 0 aliphatic heterocycles. The Kier molecular flexibility index (Phi) is 11.7. The van der Waals surface area contributed by atoms with Gasteiger partial charge in [-0.25, -0.2) is 13.1 Å². The number of hydrogen-bond donors (Lipinski definition) is 3. The maximum absolute atomic E-state index is 11.5. The third kappa shape index (κ3) is 9.64. The summed E-state index contributed by atoms with van der Waals surface area (Å²) in [5, 5.41) is 5.68. The summed E-state index contributed by atoms with van der Waals surface area (Å²) in [6.07, 6.45) is 0.594. The number of hydrogen-bond acceptors (Lipinski definition) is 4. The maximum atomic E-state index is 11.5. The highest BCUT2D eigenvalue weighted by molar-refractivity contribution is 7.89. The van der Waals surface area contributed by atoms with E-state index in [1.807, 2.05) is 6.92 Å². The van der Waals surface area contributed by atoms with Crippen LogP contribution in [0.3, 0.4) is 0 Å². The molecule has 0 spiro atoms. The van der Waals surface area contributed by atoms with Crippen molar-refractivity contribution < 1.29 is 13.2 Å². The molecule has 0 aliphatic carbocycles. The Morgan fingerprint density at radius 2 is 1.89 bits per heavy atom. The number of nitrogens with one attached hydrogen (secondary N) is 3. The fraction of sp³-hybridized carbons (Fsp3) is 0.900. The lowest BCUT2D eigenvalue weighted by Crippen LogP contribution is -2.36. The van der Waals surface area contributed by atoms with Gasteiger partial charge in [-0.2, -0.15) is 0 Å². The summed E-state index contributed by atoms with van der Waals surface area (Å²) in [5.41, 5.74) is 0. The second kappa shape index (κ2) is 10.5. The topological polar surface area (TPSA) is 87.3 Å². The Bertz CT molecular complexity index is 322. The molecule has 0 saturated heterocycles. The van der Waals surface area contributed by atoms with Crippen LogP contribution in [0.4, 0.5) is 0 Å². The van der Waals surface area contributed by atoms with Crippen molar-refractivity contribution >= 4 is 28.3 Å². The highest BCUT2D eigenvalue weighted by Gasteiger charge is 2.10. The summed E-state index contributed by atoms with van der Waals surface area (Å²) in [5.74, 6) is -0.0107. The molecule has 6 nitrogen and oxygen atoms in total. The number of halogens is 1. The average molecular weight is 302 g/mol. The molecule has 110 valence electrons. The van der Waals surface area contributed by atoms with Crippen LogP contribution in [0.2, 0.25) is 0 Å². The van der Waals surface area contributed by atoms with Crippen LogP contribution in [0.25, 0.3) is 0 Å². The van der Waals surface area contributed by atoms with Gasteiger partial charge in [-0.05, 0) is 20.4 Å². The largest absolute Gasteiger partial charge is 0.356 e. The Labute approximate surface area is 116 Å². The van der Waals surface area contributed by atoms with E-state index in [1.54, 1.807) is 14.0 Å². The SMILES string of the molecule is CCS(=O)(=O)NCCCNC(=O)C(C)CNC.Cl. The molecule has 1 amide bonds. The van der Waals surface area contributed by atoms with Gasteiger partial charge in [0.25, 0.3) is 0 Å². The third-order valence-electron chi connectivity index (χ3n) is 2.31. The van der Waals surface area contributed by atoms with Crippen LogP contribution in [-0.2, 0) is 14.8 Å². The van der Waals surface area contributed by atoms with E-state index >= 15 is 0 Å². The third-order valence-corrected chi connectivity index (χ3v) is 3.72. The molecular formula is C10H24ClN3O3S. The molecule has 0 aromatic heterocycles. The predicted molar refractivity (Wildman–Crippen MR) is 75.4 cm³/mol. The zero-order valence-corrected chi connectivity index (χ0v) is 12.8. The van der Waals surface area contributed by atoms with Crippen LogP contribution >= 0.6 is 12.4 Å². The van der Waals surface area contributed by atoms with Gasteiger partial charge in [-0.1, -0.05) is 6.92 Å². The molecule has 0 aliphatic rings. The predicted octanol–water partition coefficient (Wildman–Crippen LogP) is -0.291. The fourth-order valence-electron chi connectivity index (χ4n) is 1.20. The van der Waals surface area contributed by atoms with Crippen LogP contribution < -0.4 is 15.4 Å². The molecule has 0 aromatic rings. The molecule has 0 saturated carbocycles. The summed E-state index contributed by atoms with van der Waals surface area (Å²) >= 11 is 0. The Hall–Kier alpha value is -0.370. The molecule has 3 N–H and O–H groups in total. The van der Waals surface area contributed by atoms with Crippen molar-refractivity contribution in [3.8, 4) is 0 Å². The van der Waals surface area contributed by atoms with Crippen LogP contribution in [0, 0.1) is 5.92 Å². The highest BCUT2D eigenvalue weighted by atomic mass is 35.5. The zero-order chi connectivity index (χ0) is 13.3. The molecule has 0 fully saturated rings. The minimum atomic E-state index is -3.12. The average Bonchev–Trinajstić information content (AvgIpc) is 2.28. The van der Waals surface area contributed by atoms with Gasteiger partial charge in [0.05, 0.1) is 5.75 Å². The van der Waals surface area contributed by atoms with Gasteiger partial charge in [0.2, 0.25) is 15.9 Å². The summed E-state index contributed by atoms with van der Waals surface area (Å²) in [7, 11) is -1.32. The zero-order valence-electron chi connectivity index (χ0n) is 11.2. The lowest BCUT2D eigenvalue weighted by Gasteiger charge is -2.11. The quantitative estimate of drug-likeness (QED) is 0.511. The Morgan fingerprint density at radius 1 is 1.28 bits per heavy atom. The van der Waals surface area contributed by atoms with Gasteiger partial charge in [-0.3, -0.25) is 4.79 Å². The first-order valence-electron chi connectivity index (χ1n) is 5.82.